The van der Waals surface area contributed by atoms with Gasteiger partial charge in [0.1, 0.15) is 5.75 Å². The highest BCUT2D eigenvalue weighted by Gasteiger charge is 2.33. The highest BCUT2D eigenvalue weighted by Crippen LogP contribution is 2.31. The van der Waals surface area contributed by atoms with Gasteiger partial charge in [0.05, 0.1) is 16.9 Å². The number of hydrogen-bond donors (Lipinski definition) is 0. The molecule has 8 heteroatoms. The summed E-state index contributed by atoms with van der Waals surface area (Å²) < 4.78 is 39.2. The molecular formula is C25H31N3O4S. The van der Waals surface area contributed by atoms with E-state index in [1.54, 1.807) is 12.1 Å². The molecule has 2 heterocycles. The summed E-state index contributed by atoms with van der Waals surface area (Å²) >= 11 is 0. The van der Waals surface area contributed by atoms with E-state index in [2.05, 4.69) is 24.0 Å². The fourth-order valence-electron chi connectivity index (χ4n) is 4.01. The standard InChI is InChI=1S/C25H31N3O4S/c1-17(2)19-9-13-23(14-10-19)33(29,30)28-15-5-6-21(16-28)25-26-24(27-32-25)20-7-11-22(12-8-20)31-18(3)4/h7-14,17-18,21H,5-6,15-16H2,1-4H3/t21-/m1/s1. The van der Waals surface area contributed by atoms with Crippen molar-refractivity contribution in [1.29, 1.82) is 0 Å². The summed E-state index contributed by atoms with van der Waals surface area (Å²) in [5.74, 6) is 1.97. The van der Waals surface area contributed by atoms with Crippen molar-refractivity contribution in [2.24, 2.45) is 0 Å². The largest absolute Gasteiger partial charge is 0.491 e. The van der Waals surface area contributed by atoms with Crippen LogP contribution in [0.3, 0.4) is 0 Å². The van der Waals surface area contributed by atoms with Gasteiger partial charge < -0.3 is 9.26 Å². The summed E-state index contributed by atoms with van der Waals surface area (Å²) in [4.78, 5) is 4.90. The van der Waals surface area contributed by atoms with E-state index in [0.29, 0.717) is 35.6 Å². The highest BCUT2D eigenvalue weighted by atomic mass is 32.2. The van der Waals surface area contributed by atoms with Crippen molar-refractivity contribution in [3.8, 4) is 17.1 Å². The molecule has 0 aliphatic carbocycles. The van der Waals surface area contributed by atoms with E-state index in [4.69, 9.17) is 9.26 Å². The van der Waals surface area contributed by atoms with Crippen molar-refractivity contribution in [3.05, 3.63) is 60.0 Å². The van der Waals surface area contributed by atoms with Gasteiger partial charge >= 0.3 is 0 Å². The van der Waals surface area contributed by atoms with Crippen molar-refractivity contribution in [3.63, 3.8) is 0 Å². The molecule has 4 rings (SSSR count). The van der Waals surface area contributed by atoms with Crippen LogP contribution in [0, 0.1) is 0 Å². The van der Waals surface area contributed by atoms with Crippen LogP contribution in [0.25, 0.3) is 11.4 Å². The van der Waals surface area contributed by atoms with E-state index in [9.17, 15) is 8.42 Å². The molecule has 0 radical (unpaired) electrons. The third-order valence-electron chi connectivity index (χ3n) is 5.84. The van der Waals surface area contributed by atoms with Crippen LogP contribution in [0.5, 0.6) is 5.75 Å². The number of nitrogens with zero attached hydrogens (tertiary/aromatic N) is 3. The second kappa shape index (κ2) is 9.65. The Hall–Kier alpha value is -2.71. The summed E-state index contributed by atoms with van der Waals surface area (Å²) in [6, 6.07) is 14.7. The van der Waals surface area contributed by atoms with Gasteiger partial charge in [0.15, 0.2) is 0 Å². The lowest BCUT2D eigenvalue weighted by atomic mass is 10.00. The first kappa shape index (κ1) is 23.4. The Kier molecular flexibility index (Phi) is 6.86. The Labute approximate surface area is 195 Å². The van der Waals surface area contributed by atoms with Gasteiger partial charge in [0.25, 0.3) is 0 Å². The molecule has 2 aromatic carbocycles. The van der Waals surface area contributed by atoms with E-state index in [0.717, 1.165) is 29.7 Å². The van der Waals surface area contributed by atoms with Gasteiger partial charge in [-0.05, 0) is 74.6 Å². The molecular weight excluding hydrogens is 438 g/mol. The molecule has 0 spiro atoms. The molecule has 33 heavy (non-hydrogen) atoms. The predicted molar refractivity (Wildman–Crippen MR) is 127 cm³/mol. The summed E-state index contributed by atoms with van der Waals surface area (Å²) in [5.41, 5.74) is 1.94. The van der Waals surface area contributed by atoms with Crippen molar-refractivity contribution in [1.82, 2.24) is 14.4 Å². The van der Waals surface area contributed by atoms with E-state index in [1.165, 1.54) is 4.31 Å². The minimum Gasteiger partial charge on any atom is -0.491 e. The first-order chi connectivity index (χ1) is 15.7. The minimum absolute atomic E-state index is 0.103. The molecule has 0 bridgehead atoms. The van der Waals surface area contributed by atoms with E-state index in [1.807, 2.05) is 50.2 Å². The maximum Gasteiger partial charge on any atom is 0.243 e. The lowest BCUT2D eigenvalue weighted by Crippen LogP contribution is -2.39. The van der Waals surface area contributed by atoms with Gasteiger partial charge in [-0.15, -0.1) is 0 Å². The Morgan fingerprint density at radius 2 is 1.73 bits per heavy atom. The van der Waals surface area contributed by atoms with Gasteiger partial charge in [-0.25, -0.2) is 8.42 Å². The number of benzene rings is 2. The molecule has 1 fully saturated rings. The third kappa shape index (κ3) is 5.28. The number of ether oxygens (including phenoxy) is 1. The Morgan fingerprint density at radius 1 is 1.03 bits per heavy atom. The molecule has 1 aliphatic rings. The van der Waals surface area contributed by atoms with Crippen molar-refractivity contribution < 1.29 is 17.7 Å². The lowest BCUT2D eigenvalue weighted by Gasteiger charge is -2.30. The molecule has 0 saturated carbocycles. The van der Waals surface area contributed by atoms with Crippen LogP contribution in [0.4, 0.5) is 0 Å². The molecule has 1 atom stereocenters. The molecule has 3 aromatic rings. The molecule has 1 aromatic heterocycles. The van der Waals surface area contributed by atoms with Crippen LogP contribution in [-0.4, -0.2) is 42.1 Å². The fraction of sp³-hybridized carbons (Fsp3) is 0.440. The van der Waals surface area contributed by atoms with Crippen LogP contribution in [-0.2, 0) is 10.0 Å². The highest BCUT2D eigenvalue weighted by molar-refractivity contribution is 7.89. The lowest BCUT2D eigenvalue weighted by molar-refractivity contribution is 0.242. The summed E-state index contributed by atoms with van der Waals surface area (Å²) in [7, 11) is -3.58. The van der Waals surface area contributed by atoms with Gasteiger partial charge in [-0.2, -0.15) is 9.29 Å². The summed E-state index contributed by atoms with van der Waals surface area (Å²) in [6.45, 7) is 8.96. The molecule has 1 saturated heterocycles. The number of rotatable bonds is 7. The topological polar surface area (TPSA) is 85.5 Å². The van der Waals surface area contributed by atoms with E-state index < -0.39 is 10.0 Å². The van der Waals surface area contributed by atoms with Gasteiger partial charge in [-0.1, -0.05) is 31.1 Å². The monoisotopic (exact) mass is 469 g/mol. The Morgan fingerprint density at radius 3 is 2.36 bits per heavy atom. The molecule has 7 nitrogen and oxygen atoms in total. The Balaban J connectivity index is 1.48. The minimum atomic E-state index is -3.58. The summed E-state index contributed by atoms with van der Waals surface area (Å²) in [5, 5.41) is 4.13. The zero-order valence-corrected chi connectivity index (χ0v) is 20.4. The second-order valence-corrected chi connectivity index (χ2v) is 11.0. The fourth-order valence-corrected chi connectivity index (χ4v) is 5.53. The molecule has 176 valence electrons. The number of piperidine rings is 1. The van der Waals surface area contributed by atoms with Crippen molar-refractivity contribution in [2.75, 3.05) is 13.1 Å². The number of hydrogen-bond acceptors (Lipinski definition) is 6. The normalized spacial score (nSPS) is 17.6. The SMILES string of the molecule is CC(C)Oc1ccc(-c2noc([C@@H]3CCCN(S(=O)(=O)c4ccc(C(C)C)cc4)C3)n2)cc1. The Bertz CT molecular complexity index is 1170. The van der Waals surface area contributed by atoms with Crippen LogP contribution in [0.2, 0.25) is 0 Å². The quantitative estimate of drug-likeness (QED) is 0.472. The van der Waals surface area contributed by atoms with Crippen LogP contribution in [0.1, 0.15) is 63.8 Å². The van der Waals surface area contributed by atoms with Crippen LogP contribution < -0.4 is 4.74 Å². The molecule has 0 N–H and O–H groups in total. The van der Waals surface area contributed by atoms with Crippen LogP contribution in [0.15, 0.2) is 57.9 Å². The predicted octanol–water partition coefficient (Wildman–Crippen LogP) is 5.22. The zero-order valence-electron chi connectivity index (χ0n) is 19.6. The summed E-state index contributed by atoms with van der Waals surface area (Å²) in [6.07, 6.45) is 1.65. The average Bonchev–Trinajstić information content (AvgIpc) is 3.30. The van der Waals surface area contributed by atoms with E-state index >= 15 is 0 Å². The molecule has 0 unspecified atom stereocenters. The van der Waals surface area contributed by atoms with Crippen molar-refractivity contribution in [2.45, 2.75) is 63.4 Å². The maximum atomic E-state index is 13.2. The van der Waals surface area contributed by atoms with Gasteiger partial charge in [-0.3, -0.25) is 0 Å². The van der Waals surface area contributed by atoms with Crippen molar-refractivity contribution >= 4 is 10.0 Å². The maximum absolute atomic E-state index is 13.2. The molecule has 1 aliphatic heterocycles. The van der Waals surface area contributed by atoms with Gasteiger partial charge in [0.2, 0.25) is 21.7 Å². The van der Waals surface area contributed by atoms with Crippen LogP contribution >= 0.6 is 0 Å². The average molecular weight is 470 g/mol. The third-order valence-corrected chi connectivity index (χ3v) is 7.72. The first-order valence-corrected chi connectivity index (χ1v) is 12.9. The van der Waals surface area contributed by atoms with Gasteiger partial charge in [0, 0.05) is 18.7 Å². The van der Waals surface area contributed by atoms with E-state index in [-0.39, 0.29) is 12.0 Å². The number of aromatic nitrogens is 2. The first-order valence-electron chi connectivity index (χ1n) is 11.4. The number of sulfonamides is 1. The smallest absolute Gasteiger partial charge is 0.243 e. The molecule has 0 amide bonds. The zero-order chi connectivity index (χ0) is 23.6. The second-order valence-electron chi connectivity index (χ2n) is 9.07.